The lowest BCUT2D eigenvalue weighted by Crippen LogP contribution is -2.68. The minimum absolute atomic E-state index is 0.155. The first kappa shape index (κ1) is 12.2. The number of hydrogen-bond donors (Lipinski definition) is 1. The molecule has 1 unspecified atom stereocenters. The van der Waals surface area contributed by atoms with Gasteiger partial charge in [-0.15, -0.1) is 0 Å². The zero-order valence-corrected chi connectivity index (χ0v) is 11.1. The van der Waals surface area contributed by atoms with Crippen LogP contribution < -0.4 is 0 Å². The molecular weight excluding hydrogens is 228 g/mol. The van der Waals surface area contributed by atoms with Gasteiger partial charge in [-0.05, 0) is 38.6 Å². The first-order valence-corrected chi connectivity index (χ1v) is 6.95. The van der Waals surface area contributed by atoms with Crippen molar-refractivity contribution >= 4 is 5.91 Å². The molecule has 0 aromatic rings. The summed E-state index contributed by atoms with van der Waals surface area (Å²) in [6.45, 7) is 2.92. The molecule has 1 spiro atoms. The van der Waals surface area contributed by atoms with Crippen LogP contribution in [0.25, 0.3) is 0 Å². The zero-order valence-electron chi connectivity index (χ0n) is 11.1. The van der Waals surface area contributed by atoms with E-state index in [1.54, 1.807) is 0 Å². The van der Waals surface area contributed by atoms with Gasteiger partial charge in [-0.2, -0.15) is 0 Å². The molecule has 0 radical (unpaired) electrons. The number of likely N-dealkylation sites (tertiary alicyclic amines) is 2. The molecule has 100 valence electrons. The van der Waals surface area contributed by atoms with E-state index in [1.807, 2.05) is 4.90 Å². The predicted octanol–water partition coefficient (Wildman–Crippen LogP) is 0.622. The number of carbonyl (C=O) groups is 1. The van der Waals surface area contributed by atoms with Crippen LogP contribution in [0.5, 0.6) is 0 Å². The van der Waals surface area contributed by atoms with Gasteiger partial charge in [0.15, 0.2) is 0 Å². The average Bonchev–Trinajstić information content (AvgIpc) is 2.93. The van der Waals surface area contributed by atoms with Gasteiger partial charge >= 0.3 is 0 Å². The van der Waals surface area contributed by atoms with Crippen molar-refractivity contribution in [2.24, 2.45) is 5.92 Å². The molecular formula is C14H22N2O2. The van der Waals surface area contributed by atoms with Crippen molar-refractivity contribution in [2.45, 2.75) is 31.2 Å². The highest BCUT2D eigenvalue weighted by Crippen LogP contribution is 2.40. The third-order valence-corrected chi connectivity index (χ3v) is 4.84. The third kappa shape index (κ3) is 1.79. The summed E-state index contributed by atoms with van der Waals surface area (Å²) < 4.78 is 0. The number of likely N-dealkylation sites (N-methyl/N-ethyl adjacent to an activating group) is 1. The molecule has 1 aliphatic carbocycles. The second kappa shape index (κ2) is 4.35. The summed E-state index contributed by atoms with van der Waals surface area (Å²) in [4.78, 5) is 16.5. The van der Waals surface area contributed by atoms with E-state index >= 15 is 0 Å². The summed E-state index contributed by atoms with van der Waals surface area (Å²) >= 11 is 0. The molecule has 3 rings (SSSR count). The van der Waals surface area contributed by atoms with Gasteiger partial charge in [0.2, 0.25) is 5.91 Å². The van der Waals surface area contributed by atoms with E-state index < -0.39 is 0 Å². The van der Waals surface area contributed by atoms with Crippen molar-refractivity contribution in [2.75, 3.05) is 33.3 Å². The number of hydrogen-bond acceptors (Lipinski definition) is 3. The van der Waals surface area contributed by atoms with E-state index in [9.17, 15) is 9.90 Å². The lowest BCUT2D eigenvalue weighted by molar-refractivity contribution is -0.139. The molecule has 4 nitrogen and oxygen atoms in total. The quantitative estimate of drug-likeness (QED) is 0.781. The van der Waals surface area contributed by atoms with Gasteiger partial charge in [0.05, 0.1) is 5.54 Å². The lowest BCUT2D eigenvalue weighted by Gasteiger charge is -2.52. The van der Waals surface area contributed by atoms with Crippen LogP contribution in [0.4, 0.5) is 0 Å². The zero-order chi connectivity index (χ0) is 12.8. The first-order chi connectivity index (χ1) is 8.64. The number of carbonyl (C=O) groups excluding carboxylic acids is 1. The standard InChI is InChI=1S/C14H22N2O2/c1-15-7-11(8-17)6-14(15)9-16(10-14)13(18)12-4-2-3-5-12/h4,11,17H,2-3,5-10H2,1H3. The number of allylic oxidation sites excluding steroid dienone is 1. The van der Waals surface area contributed by atoms with Gasteiger partial charge in [-0.1, -0.05) is 6.08 Å². The normalized spacial score (nSPS) is 30.7. The van der Waals surface area contributed by atoms with Crippen molar-refractivity contribution < 1.29 is 9.90 Å². The second-order valence-corrected chi connectivity index (χ2v) is 6.14. The van der Waals surface area contributed by atoms with Crippen LogP contribution in [-0.2, 0) is 4.79 Å². The van der Waals surface area contributed by atoms with E-state index in [1.165, 1.54) is 0 Å². The van der Waals surface area contributed by atoms with Gasteiger partial charge in [-0.3, -0.25) is 9.69 Å². The molecule has 2 heterocycles. The summed E-state index contributed by atoms with van der Waals surface area (Å²) in [6, 6.07) is 0. The first-order valence-electron chi connectivity index (χ1n) is 6.95. The largest absolute Gasteiger partial charge is 0.396 e. The van der Waals surface area contributed by atoms with Crippen LogP contribution in [0, 0.1) is 5.92 Å². The van der Waals surface area contributed by atoms with Crippen LogP contribution >= 0.6 is 0 Å². The average molecular weight is 250 g/mol. The molecule has 2 aliphatic heterocycles. The van der Waals surface area contributed by atoms with E-state index in [4.69, 9.17) is 0 Å². The number of rotatable bonds is 2. The smallest absolute Gasteiger partial charge is 0.249 e. The Kier molecular flexibility index (Phi) is 2.94. The summed E-state index contributed by atoms with van der Waals surface area (Å²) in [5.74, 6) is 0.636. The van der Waals surface area contributed by atoms with Gasteiger partial charge in [0.1, 0.15) is 0 Å². The van der Waals surface area contributed by atoms with Crippen molar-refractivity contribution in [1.82, 2.24) is 9.80 Å². The van der Waals surface area contributed by atoms with E-state index in [2.05, 4.69) is 18.0 Å². The van der Waals surface area contributed by atoms with Gasteiger partial charge in [0, 0.05) is 31.8 Å². The molecule has 0 saturated carbocycles. The van der Waals surface area contributed by atoms with Crippen LogP contribution in [0.3, 0.4) is 0 Å². The molecule has 1 N–H and O–H groups in total. The third-order valence-electron chi connectivity index (χ3n) is 4.84. The molecule has 0 bridgehead atoms. The molecule has 18 heavy (non-hydrogen) atoms. The number of nitrogens with zero attached hydrogens (tertiary/aromatic N) is 2. The Morgan fingerprint density at radius 3 is 2.89 bits per heavy atom. The van der Waals surface area contributed by atoms with Crippen LogP contribution in [-0.4, -0.2) is 59.6 Å². The number of aliphatic hydroxyl groups excluding tert-OH is 1. The Morgan fingerprint density at radius 1 is 1.56 bits per heavy atom. The Hall–Kier alpha value is -0.870. The molecule has 1 amide bonds. The fourth-order valence-electron chi connectivity index (χ4n) is 3.71. The summed E-state index contributed by atoms with van der Waals surface area (Å²) in [5, 5.41) is 9.27. The molecule has 0 aromatic heterocycles. The van der Waals surface area contributed by atoms with Crippen LogP contribution in [0.2, 0.25) is 0 Å². The highest BCUT2D eigenvalue weighted by atomic mass is 16.3. The van der Waals surface area contributed by atoms with Gasteiger partial charge < -0.3 is 10.0 Å². The van der Waals surface area contributed by atoms with Crippen LogP contribution in [0.1, 0.15) is 25.7 Å². The Balaban J connectivity index is 1.61. The lowest BCUT2D eigenvalue weighted by atomic mass is 9.84. The second-order valence-electron chi connectivity index (χ2n) is 6.14. The van der Waals surface area contributed by atoms with E-state index in [0.29, 0.717) is 5.92 Å². The van der Waals surface area contributed by atoms with Crippen molar-refractivity contribution in [1.29, 1.82) is 0 Å². The maximum Gasteiger partial charge on any atom is 0.249 e. The summed E-state index contributed by atoms with van der Waals surface area (Å²) in [5.41, 5.74) is 1.17. The number of aliphatic hydroxyl groups is 1. The summed E-state index contributed by atoms with van der Waals surface area (Å²) in [7, 11) is 2.12. The monoisotopic (exact) mass is 250 g/mol. The topological polar surface area (TPSA) is 43.8 Å². The molecule has 2 fully saturated rings. The molecule has 1 atom stereocenters. The van der Waals surface area contributed by atoms with Crippen molar-refractivity contribution in [3.8, 4) is 0 Å². The van der Waals surface area contributed by atoms with E-state index in [-0.39, 0.29) is 18.1 Å². The highest BCUT2D eigenvalue weighted by molar-refractivity contribution is 5.94. The van der Waals surface area contributed by atoms with Gasteiger partial charge in [0.25, 0.3) is 0 Å². The molecule has 3 aliphatic rings. The Bertz CT molecular complexity index is 385. The summed E-state index contributed by atoms with van der Waals surface area (Å²) in [6.07, 6.45) is 6.28. The van der Waals surface area contributed by atoms with Crippen molar-refractivity contribution in [3.63, 3.8) is 0 Å². The SMILES string of the molecule is CN1CC(CO)CC12CN(C(=O)C1=CCCC1)C2. The molecule has 0 aromatic carbocycles. The maximum absolute atomic E-state index is 12.2. The minimum Gasteiger partial charge on any atom is -0.396 e. The predicted molar refractivity (Wildman–Crippen MR) is 69.1 cm³/mol. The van der Waals surface area contributed by atoms with Crippen LogP contribution in [0.15, 0.2) is 11.6 Å². The molecule has 4 heteroatoms. The fourth-order valence-corrected chi connectivity index (χ4v) is 3.71. The van der Waals surface area contributed by atoms with Gasteiger partial charge in [-0.25, -0.2) is 0 Å². The van der Waals surface area contributed by atoms with Crippen molar-refractivity contribution in [3.05, 3.63) is 11.6 Å². The highest BCUT2D eigenvalue weighted by Gasteiger charge is 2.53. The Labute approximate surface area is 108 Å². The maximum atomic E-state index is 12.2. The van der Waals surface area contributed by atoms with E-state index in [0.717, 1.165) is 50.9 Å². The minimum atomic E-state index is 0.155. The molecule has 2 saturated heterocycles. The fraction of sp³-hybridized carbons (Fsp3) is 0.786. The Morgan fingerprint density at radius 2 is 2.33 bits per heavy atom. The number of amides is 1.